The molecule has 0 bridgehead atoms. The predicted molar refractivity (Wildman–Crippen MR) is 70.5 cm³/mol. The van der Waals surface area contributed by atoms with Crippen molar-refractivity contribution in [1.29, 1.82) is 5.26 Å². The molecule has 2 rings (SSSR count). The van der Waals surface area contributed by atoms with E-state index >= 15 is 0 Å². The second kappa shape index (κ2) is 4.56. The first-order valence-electron chi connectivity index (χ1n) is 5.71. The number of hydrogen-bond donors (Lipinski definition) is 1. The monoisotopic (exact) mass is 249 g/mol. The molecule has 0 spiro atoms. The number of nitrogens with zero attached hydrogens (tertiary/aromatic N) is 2. The molecule has 4 heteroatoms. The molecule has 0 amide bonds. The molecule has 1 saturated heterocycles. The van der Waals surface area contributed by atoms with Crippen LogP contribution < -0.4 is 10.2 Å². The summed E-state index contributed by atoms with van der Waals surface area (Å²) in [7, 11) is 0. The van der Waals surface area contributed by atoms with Crippen molar-refractivity contribution < 1.29 is 0 Å². The van der Waals surface area contributed by atoms with Crippen LogP contribution in [-0.4, -0.2) is 25.2 Å². The van der Waals surface area contributed by atoms with E-state index in [0.717, 1.165) is 25.3 Å². The van der Waals surface area contributed by atoms with Crippen LogP contribution in [0.2, 0.25) is 5.02 Å². The van der Waals surface area contributed by atoms with E-state index in [9.17, 15) is 0 Å². The lowest BCUT2D eigenvalue weighted by Gasteiger charge is -2.40. The molecule has 1 fully saturated rings. The highest BCUT2D eigenvalue weighted by atomic mass is 35.5. The van der Waals surface area contributed by atoms with Crippen molar-refractivity contribution in [3.05, 3.63) is 28.8 Å². The Hall–Kier alpha value is -1.24. The van der Waals surface area contributed by atoms with E-state index in [-0.39, 0.29) is 5.54 Å². The SMILES string of the molecule is CC1(C)CN(c2ccc(C#N)c(Cl)c2)CCN1. The molecule has 17 heavy (non-hydrogen) atoms. The van der Waals surface area contributed by atoms with Crippen molar-refractivity contribution in [3.63, 3.8) is 0 Å². The number of hydrogen-bond acceptors (Lipinski definition) is 3. The van der Waals surface area contributed by atoms with Gasteiger partial charge in [-0.05, 0) is 32.0 Å². The molecule has 1 N–H and O–H groups in total. The van der Waals surface area contributed by atoms with Crippen molar-refractivity contribution in [2.24, 2.45) is 0 Å². The fraction of sp³-hybridized carbons (Fsp3) is 0.462. The topological polar surface area (TPSA) is 39.1 Å². The molecule has 0 radical (unpaired) electrons. The van der Waals surface area contributed by atoms with Crippen LogP contribution in [-0.2, 0) is 0 Å². The summed E-state index contributed by atoms with van der Waals surface area (Å²) in [5, 5.41) is 12.8. The van der Waals surface area contributed by atoms with E-state index in [1.54, 1.807) is 6.07 Å². The van der Waals surface area contributed by atoms with Crippen molar-refractivity contribution in [2.45, 2.75) is 19.4 Å². The molecular weight excluding hydrogens is 234 g/mol. The number of nitrogens with one attached hydrogen (secondary N) is 1. The van der Waals surface area contributed by atoms with E-state index in [4.69, 9.17) is 16.9 Å². The highest BCUT2D eigenvalue weighted by Crippen LogP contribution is 2.25. The molecule has 1 aromatic rings. The Bertz CT molecular complexity index is 462. The average molecular weight is 250 g/mol. The summed E-state index contributed by atoms with van der Waals surface area (Å²) in [4.78, 5) is 2.30. The third kappa shape index (κ3) is 2.71. The summed E-state index contributed by atoms with van der Waals surface area (Å²) in [6.07, 6.45) is 0. The minimum atomic E-state index is 0.110. The summed E-state index contributed by atoms with van der Waals surface area (Å²) in [6, 6.07) is 7.70. The van der Waals surface area contributed by atoms with Crippen molar-refractivity contribution in [1.82, 2.24) is 5.32 Å². The molecule has 3 nitrogen and oxygen atoms in total. The van der Waals surface area contributed by atoms with E-state index in [0.29, 0.717) is 10.6 Å². The highest BCUT2D eigenvalue weighted by Gasteiger charge is 2.25. The first-order valence-corrected chi connectivity index (χ1v) is 6.09. The minimum absolute atomic E-state index is 0.110. The normalized spacial score (nSPS) is 18.8. The summed E-state index contributed by atoms with van der Waals surface area (Å²) in [5.74, 6) is 0. The minimum Gasteiger partial charge on any atom is -0.368 e. The van der Waals surface area contributed by atoms with Crippen LogP contribution in [0.1, 0.15) is 19.4 Å². The molecule has 0 aromatic heterocycles. The quantitative estimate of drug-likeness (QED) is 0.831. The largest absolute Gasteiger partial charge is 0.368 e. The second-order valence-corrected chi connectivity index (χ2v) is 5.42. The van der Waals surface area contributed by atoms with Gasteiger partial charge in [0.2, 0.25) is 0 Å². The summed E-state index contributed by atoms with van der Waals surface area (Å²) < 4.78 is 0. The van der Waals surface area contributed by atoms with Gasteiger partial charge in [0.05, 0.1) is 10.6 Å². The third-order valence-electron chi connectivity index (χ3n) is 3.01. The van der Waals surface area contributed by atoms with Crippen LogP contribution in [0, 0.1) is 11.3 Å². The fourth-order valence-electron chi connectivity index (χ4n) is 2.15. The van der Waals surface area contributed by atoms with E-state index < -0.39 is 0 Å². The Morgan fingerprint density at radius 3 is 2.82 bits per heavy atom. The van der Waals surface area contributed by atoms with Gasteiger partial charge in [0.15, 0.2) is 0 Å². The van der Waals surface area contributed by atoms with Gasteiger partial charge < -0.3 is 10.2 Å². The van der Waals surface area contributed by atoms with Gasteiger partial charge in [0, 0.05) is 30.9 Å². The lowest BCUT2D eigenvalue weighted by molar-refractivity contribution is 0.353. The van der Waals surface area contributed by atoms with Gasteiger partial charge in [-0.1, -0.05) is 11.6 Å². The van der Waals surface area contributed by atoms with Gasteiger partial charge in [-0.2, -0.15) is 5.26 Å². The number of rotatable bonds is 1. The zero-order valence-corrected chi connectivity index (χ0v) is 10.9. The molecule has 1 heterocycles. The van der Waals surface area contributed by atoms with Crippen LogP contribution in [0.4, 0.5) is 5.69 Å². The van der Waals surface area contributed by atoms with Crippen LogP contribution in [0.3, 0.4) is 0 Å². The molecule has 0 saturated carbocycles. The third-order valence-corrected chi connectivity index (χ3v) is 3.32. The first kappa shape index (κ1) is 12.2. The Balaban J connectivity index is 2.23. The van der Waals surface area contributed by atoms with Gasteiger partial charge in [-0.15, -0.1) is 0 Å². The smallest absolute Gasteiger partial charge is 0.101 e. The number of piperazine rings is 1. The molecule has 0 aliphatic carbocycles. The lowest BCUT2D eigenvalue weighted by atomic mass is 10.0. The standard InChI is InChI=1S/C13H16ClN3/c1-13(2)9-17(6-5-16-13)11-4-3-10(8-15)12(14)7-11/h3-4,7,16H,5-6,9H2,1-2H3. The summed E-state index contributed by atoms with van der Waals surface area (Å²) in [6.45, 7) is 7.24. The van der Waals surface area contributed by atoms with Crippen LogP contribution in [0.15, 0.2) is 18.2 Å². The lowest BCUT2D eigenvalue weighted by Crippen LogP contribution is -2.57. The molecular formula is C13H16ClN3. The maximum atomic E-state index is 8.84. The zero-order chi connectivity index (χ0) is 12.5. The molecule has 1 aliphatic rings. The van der Waals surface area contributed by atoms with Crippen LogP contribution in [0.25, 0.3) is 0 Å². The Kier molecular flexibility index (Phi) is 3.28. The van der Waals surface area contributed by atoms with Gasteiger partial charge in [-0.3, -0.25) is 0 Å². The Morgan fingerprint density at radius 2 is 2.24 bits per heavy atom. The fourth-order valence-corrected chi connectivity index (χ4v) is 2.37. The van der Waals surface area contributed by atoms with E-state index in [1.165, 1.54) is 0 Å². The van der Waals surface area contributed by atoms with Crippen molar-refractivity contribution >= 4 is 17.3 Å². The highest BCUT2D eigenvalue weighted by molar-refractivity contribution is 6.32. The predicted octanol–water partition coefficient (Wildman–Crippen LogP) is 2.40. The molecule has 1 aliphatic heterocycles. The molecule has 1 aromatic carbocycles. The number of anilines is 1. The second-order valence-electron chi connectivity index (χ2n) is 5.01. The maximum Gasteiger partial charge on any atom is 0.101 e. The maximum absolute atomic E-state index is 8.84. The van der Waals surface area contributed by atoms with Crippen LogP contribution >= 0.6 is 11.6 Å². The van der Waals surface area contributed by atoms with Gasteiger partial charge >= 0.3 is 0 Å². The molecule has 0 atom stereocenters. The Morgan fingerprint density at radius 1 is 1.47 bits per heavy atom. The number of nitriles is 1. The molecule has 0 unspecified atom stereocenters. The van der Waals surface area contributed by atoms with Gasteiger partial charge in [0.1, 0.15) is 6.07 Å². The van der Waals surface area contributed by atoms with Crippen molar-refractivity contribution in [3.8, 4) is 6.07 Å². The van der Waals surface area contributed by atoms with Crippen molar-refractivity contribution in [2.75, 3.05) is 24.5 Å². The first-order chi connectivity index (χ1) is 8.02. The molecule has 90 valence electrons. The number of benzene rings is 1. The summed E-state index contributed by atoms with van der Waals surface area (Å²) in [5.41, 5.74) is 1.73. The van der Waals surface area contributed by atoms with Gasteiger partial charge in [-0.25, -0.2) is 0 Å². The van der Waals surface area contributed by atoms with E-state index in [2.05, 4.69) is 30.1 Å². The van der Waals surface area contributed by atoms with Gasteiger partial charge in [0.25, 0.3) is 0 Å². The number of halogens is 1. The average Bonchev–Trinajstić information content (AvgIpc) is 2.27. The van der Waals surface area contributed by atoms with Crippen LogP contribution in [0.5, 0.6) is 0 Å². The van der Waals surface area contributed by atoms with E-state index in [1.807, 2.05) is 12.1 Å². The summed E-state index contributed by atoms with van der Waals surface area (Å²) >= 11 is 6.06. The zero-order valence-electron chi connectivity index (χ0n) is 10.1. The Labute approximate surface area is 107 Å².